The fourth-order valence-electron chi connectivity index (χ4n) is 3.74. The Morgan fingerprint density at radius 3 is 2.72 bits per heavy atom. The molecule has 8 heteroatoms. The van der Waals surface area contributed by atoms with Gasteiger partial charge in [-0.25, -0.2) is 0 Å². The highest BCUT2D eigenvalue weighted by Gasteiger charge is 2.41. The summed E-state index contributed by atoms with van der Waals surface area (Å²) in [7, 11) is 0. The molecule has 150 valence electrons. The molecule has 1 fully saturated rings. The van der Waals surface area contributed by atoms with Gasteiger partial charge in [0.05, 0.1) is 28.5 Å². The van der Waals surface area contributed by atoms with E-state index in [1.54, 1.807) is 12.3 Å². The molecule has 0 amide bonds. The van der Waals surface area contributed by atoms with Crippen LogP contribution in [0.4, 0.5) is 0 Å². The van der Waals surface area contributed by atoms with Crippen LogP contribution in [0.5, 0.6) is 0 Å². The van der Waals surface area contributed by atoms with Gasteiger partial charge in [0.25, 0.3) is 0 Å². The predicted molar refractivity (Wildman–Crippen MR) is 120 cm³/mol. The van der Waals surface area contributed by atoms with Gasteiger partial charge in [-0.05, 0) is 61.1 Å². The Morgan fingerprint density at radius 2 is 2.00 bits per heavy atom. The van der Waals surface area contributed by atoms with Crippen molar-refractivity contribution < 1.29 is 5.11 Å². The monoisotopic (exact) mass is 446 g/mol. The van der Waals surface area contributed by atoms with E-state index < -0.39 is 0 Å². The second-order valence-electron chi connectivity index (χ2n) is 6.80. The van der Waals surface area contributed by atoms with Crippen molar-refractivity contribution in [3.63, 3.8) is 0 Å². The number of aromatic nitrogens is 2. The minimum absolute atomic E-state index is 0.101. The smallest absolute Gasteiger partial charge is 0.170 e. The lowest BCUT2D eigenvalue weighted by Crippen LogP contribution is -2.31. The molecule has 0 spiro atoms. The zero-order chi connectivity index (χ0) is 20.4. The topological polar surface area (TPSA) is 53.3 Å². The van der Waals surface area contributed by atoms with Crippen molar-refractivity contribution in [1.82, 2.24) is 19.8 Å². The molecular weight excluding hydrogens is 427 g/mol. The Labute approximate surface area is 184 Å². The lowest BCUT2D eigenvalue weighted by Gasteiger charge is -2.29. The zero-order valence-electron chi connectivity index (χ0n) is 15.5. The summed E-state index contributed by atoms with van der Waals surface area (Å²) in [4.78, 5) is 6.66. The number of halogens is 2. The molecular formula is C21H20Cl2N4OS. The number of pyridine rings is 1. The zero-order valence-corrected chi connectivity index (χ0v) is 17.8. The molecule has 4 rings (SSSR count). The Morgan fingerprint density at radius 1 is 1.14 bits per heavy atom. The van der Waals surface area contributed by atoms with E-state index in [0.29, 0.717) is 28.1 Å². The maximum absolute atomic E-state index is 9.37. The molecule has 29 heavy (non-hydrogen) atoms. The quantitative estimate of drug-likeness (QED) is 0.544. The van der Waals surface area contributed by atoms with Crippen molar-refractivity contribution in [2.75, 3.05) is 13.2 Å². The van der Waals surface area contributed by atoms with Gasteiger partial charge in [0.2, 0.25) is 0 Å². The molecule has 3 aromatic rings. The van der Waals surface area contributed by atoms with Crippen LogP contribution < -0.4 is 5.32 Å². The Balaban J connectivity index is 1.81. The van der Waals surface area contributed by atoms with Gasteiger partial charge in [0, 0.05) is 36.3 Å². The summed E-state index contributed by atoms with van der Waals surface area (Å²) >= 11 is 18.2. The SMILES string of the molecule is OCCCN1C(=S)NC(c2ccccn2)C1c1cccn1-c1ccc(Cl)cc1Cl. The van der Waals surface area contributed by atoms with E-state index in [2.05, 4.69) is 25.8 Å². The highest BCUT2D eigenvalue weighted by atomic mass is 35.5. The van der Waals surface area contributed by atoms with Crippen LogP contribution in [0.1, 0.15) is 29.9 Å². The summed E-state index contributed by atoms with van der Waals surface area (Å²) in [5.74, 6) is 0. The summed E-state index contributed by atoms with van der Waals surface area (Å²) in [5.41, 5.74) is 2.77. The molecule has 2 aromatic heterocycles. The molecule has 3 heterocycles. The number of nitrogens with one attached hydrogen (secondary N) is 1. The first-order chi connectivity index (χ1) is 14.1. The average Bonchev–Trinajstić information content (AvgIpc) is 3.31. The third-order valence-electron chi connectivity index (χ3n) is 5.01. The lowest BCUT2D eigenvalue weighted by atomic mass is 10.0. The second kappa shape index (κ2) is 8.71. The molecule has 2 N–H and O–H groups in total. The molecule has 5 nitrogen and oxygen atoms in total. The van der Waals surface area contributed by atoms with Crippen molar-refractivity contribution in [1.29, 1.82) is 0 Å². The molecule has 0 aliphatic carbocycles. The number of benzene rings is 1. The first kappa shape index (κ1) is 20.2. The molecule has 0 radical (unpaired) electrons. The van der Waals surface area contributed by atoms with Crippen LogP contribution in [-0.4, -0.2) is 37.8 Å². The van der Waals surface area contributed by atoms with E-state index in [9.17, 15) is 5.11 Å². The molecule has 1 aliphatic heterocycles. The van der Waals surface area contributed by atoms with Crippen molar-refractivity contribution in [3.8, 4) is 5.69 Å². The van der Waals surface area contributed by atoms with E-state index in [-0.39, 0.29) is 18.7 Å². The molecule has 0 bridgehead atoms. The maximum Gasteiger partial charge on any atom is 0.170 e. The first-order valence-corrected chi connectivity index (χ1v) is 10.5. The van der Waals surface area contributed by atoms with Crippen molar-refractivity contribution >= 4 is 40.5 Å². The Bertz CT molecular complexity index is 1010. The van der Waals surface area contributed by atoms with E-state index in [1.807, 2.05) is 42.6 Å². The van der Waals surface area contributed by atoms with E-state index in [0.717, 1.165) is 17.1 Å². The number of hydrogen-bond acceptors (Lipinski definition) is 3. The molecule has 0 saturated carbocycles. The summed E-state index contributed by atoms with van der Waals surface area (Å²) in [6.45, 7) is 0.736. The van der Waals surface area contributed by atoms with Crippen LogP contribution in [0.2, 0.25) is 10.0 Å². The van der Waals surface area contributed by atoms with Gasteiger partial charge >= 0.3 is 0 Å². The number of aliphatic hydroxyl groups is 1. The maximum atomic E-state index is 9.37. The number of hydrogen-bond donors (Lipinski definition) is 2. The van der Waals surface area contributed by atoms with E-state index in [4.69, 9.17) is 35.4 Å². The summed E-state index contributed by atoms with van der Waals surface area (Å²) in [6.07, 6.45) is 4.38. The highest BCUT2D eigenvalue weighted by molar-refractivity contribution is 7.80. The van der Waals surface area contributed by atoms with Gasteiger partial charge in [0.1, 0.15) is 0 Å². The summed E-state index contributed by atoms with van der Waals surface area (Å²) in [6, 6.07) is 15.1. The fourth-order valence-corrected chi connectivity index (χ4v) is 4.57. The summed E-state index contributed by atoms with van der Waals surface area (Å²) in [5, 5.41) is 14.6. The van der Waals surface area contributed by atoms with Crippen LogP contribution in [0.25, 0.3) is 5.69 Å². The molecule has 1 aromatic carbocycles. The Hall–Kier alpha value is -2.12. The van der Waals surface area contributed by atoms with Crippen LogP contribution in [0.15, 0.2) is 60.9 Å². The molecule has 2 unspecified atom stereocenters. The number of aliphatic hydroxyl groups excluding tert-OH is 1. The van der Waals surface area contributed by atoms with Gasteiger partial charge in [-0.1, -0.05) is 29.3 Å². The van der Waals surface area contributed by atoms with Crippen LogP contribution in [-0.2, 0) is 0 Å². The molecule has 2 atom stereocenters. The van der Waals surface area contributed by atoms with Crippen molar-refractivity contribution in [2.45, 2.75) is 18.5 Å². The minimum atomic E-state index is -0.123. The van der Waals surface area contributed by atoms with Crippen molar-refractivity contribution in [2.24, 2.45) is 0 Å². The number of rotatable bonds is 6. The van der Waals surface area contributed by atoms with Gasteiger partial charge in [-0.2, -0.15) is 0 Å². The number of thiocarbonyl (C=S) groups is 1. The largest absolute Gasteiger partial charge is 0.396 e. The fraction of sp³-hybridized carbons (Fsp3) is 0.238. The standard InChI is InChI=1S/C21H20Cl2N4OS/c22-14-7-8-17(15(23)13-14)26-10-3-6-18(26)20-19(16-5-1-2-9-24-16)25-21(29)27(20)11-4-12-28/h1-3,5-10,13,19-20,28H,4,11-12H2,(H,25,29). The third kappa shape index (κ3) is 3.98. The van der Waals surface area contributed by atoms with Crippen molar-refractivity contribution in [3.05, 3.63) is 82.4 Å². The van der Waals surface area contributed by atoms with Gasteiger partial charge in [-0.3, -0.25) is 4.98 Å². The van der Waals surface area contributed by atoms with Crippen LogP contribution in [0.3, 0.4) is 0 Å². The van der Waals surface area contributed by atoms with Gasteiger partial charge in [-0.15, -0.1) is 0 Å². The summed E-state index contributed by atoms with van der Waals surface area (Å²) < 4.78 is 2.06. The van der Waals surface area contributed by atoms with Crippen LogP contribution in [0, 0.1) is 0 Å². The van der Waals surface area contributed by atoms with Crippen LogP contribution >= 0.6 is 35.4 Å². The second-order valence-corrected chi connectivity index (χ2v) is 8.03. The Kier molecular flexibility index (Phi) is 6.06. The van der Waals surface area contributed by atoms with E-state index >= 15 is 0 Å². The first-order valence-electron chi connectivity index (χ1n) is 9.31. The minimum Gasteiger partial charge on any atom is -0.396 e. The third-order valence-corrected chi connectivity index (χ3v) is 5.90. The highest BCUT2D eigenvalue weighted by Crippen LogP contribution is 2.40. The normalized spacial score (nSPS) is 18.9. The average molecular weight is 447 g/mol. The van der Waals surface area contributed by atoms with E-state index in [1.165, 1.54) is 0 Å². The predicted octanol–water partition coefficient (Wildman–Crippen LogP) is 4.53. The van der Waals surface area contributed by atoms with Gasteiger partial charge in [0.15, 0.2) is 5.11 Å². The number of nitrogens with zero attached hydrogens (tertiary/aromatic N) is 3. The van der Waals surface area contributed by atoms with Gasteiger partial charge < -0.3 is 19.9 Å². The molecule has 1 aliphatic rings. The lowest BCUT2D eigenvalue weighted by molar-refractivity contribution is 0.245. The molecule has 1 saturated heterocycles.